The highest BCUT2D eigenvalue weighted by atomic mass is 35.5. The molecule has 2 fully saturated rings. The van der Waals surface area contributed by atoms with Gasteiger partial charge < -0.3 is 24.6 Å². The highest BCUT2D eigenvalue weighted by molar-refractivity contribution is 7.98. The molecule has 2 heterocycles. The van der Waals surface area contributed by atoms with Crippen molar-refractivity contribution in [3.05, 3.63) is 94.5 Å². The second kappa shape index (κ2) is 17.9. The lowest BCUT2D eigenvalue weighted by atomic mass is 9.76. The molecule has 2 bridgehead atoms. The van der Waals surface area contributed by atoms with E-state index in [1.807, 2.05) is 35.7 Å². The predicted octanol–water partition coefficient (Wildman–Crippen LogP) is 7.68. The van der Waals surface area contributed by atoms with Crippen LogP contribution in [0.4, 0.5) is 0 Å². The fraction of sp³-hybridized carbons (Fsp3) is 0.514. The molecule has 4 atom stereocenters. The number of rotatable bonds is 18. The van der Waals surface area contributed by atoms with Gasteiger partial charge >= 0.3 is 0 Å². The minimum atomic E-state index is 0.590. The third-order valence-corrected chi connectivity index (χ3v) is 11.9. The Labute approximate surface area is 284 Å². The van der Waals surface area contributed by atoms with Gasteiger partial charge in [0.15, 0.2) is 0 Å². The number of halogens is 1. The van der Waals surface area contributed by atoms with E-state index in [-0.39, 0.29) is 0 Å². The molecule has 45 heavy (non-hydrogen) atoms. The molecule has 0 saturated carbocycles. The van der Waals surface area contributed by atoms with Gasteiger partial charge in [-0.2, -0.15) is 23.5 Å². The topological polar surface area (TPSA) is 37.0 Å². The summed E-state index contributed by atoms with van der Waals surface area (Å²) in [5, 5.41) is 4.58. The van der Waals surface area contributed by atoms with Crippen molar-refractivity contribution in [1.82, 2.24) is 15.1 Å². The SMILES string of the molecule is COc1ccc(CSCCNCCN(CCSCc2ccc(OC)cc2)CC2C(c3ccc(Cl)cc3)CC3CC[C@@H]2N3C)cc1. The molecular formula is C37H50ClN3O2S2. The van der Waals surface area contributed by atoms with Crippen LogP contribution in [0.15, 0.2) is 72.8 Å². The summed E-state index contributed by atoms with van der Waals surface area (Å²) >= 11 is 10.3. The molecule has 0 amide bonds. The second-order valence-corrected chi connectivity index (χ2v) is 15.0. The van der Waals surface area contributed by atoms with Crippen molar-refractivity contribution < 1.29 is 9.47 Å². The number of hydrogen-bond acceptors (Lipinski definition) is 7. The minimum Gasteiger partial charge on any atom is -0.497 e. The van der Waals surface area contributed by atoms with Crippen molar-refractivity contribution in [3.8, 4) is 11.5 Å². The molecule has 0 aliphatic carbocycles. The van der Waals surface area contributed by atoms with Gasteiger partial charge in [0.1, 0.15) is 11.5 Å². The van der Waals surface area contributed by atoms with Gasteiger partial charge in [0.25, 0.3) is 0 Å². The average Bonchev–Trinajstić information content (AvgIpc) is 3.32. The van der Waals surface area contributed by atoms with Crippen molar-refractivity contribution in [2.24, 2.45) is 5.92 Å². The molecule has 2 aliphatic heterocycles. The lowest BCUT2D eigenvalue weighted by Gasteiger charge is -2.45. The number of thioether (sulfide) groups is 2. The van der Waals surface area contributed by atoms with Gasteiger partial charge in [-0.3, -0.25) is 0 Å². The number of methoxy groups -OCH3 is 2. The Hall–Kier alpha value is -1.87. The van der Waals surface area contributed by atoms with Crippen molar-refractivity contribution >= 4 is 35.1 Å². The van der Waals surface area contributed by atoms with E-state index in [4.69, 9.17) is 21.1 Å². The summed E-state index contributed by atoms with van der Waals surface area (Å²) in [7, 11) is 5.81. The highest BCUT2D eigenvalue weighted by Gasteiger charge is 2.46. The smallest absolute Gasteiger partial charge is 0.118 e. The quantitative estimate of drug-likeness (QED) is 0.140. The molecule has 0 spiro atoms. The first-order chi connectivity index (χ1) is 22.0. The van der Waals surface area contributed by atoms with Crippen LogP contribution in [0, 0.1) is 5.92 Å². The number of nitrogens with one attached hydrogen (secondary N) is 1. The summed E-state index contributed by atoms with van der Waals surface area (Å²) in [6, 6.07) is 27.0. The van der Waals surface area contributed by atoms with Crippen LogP contribution in [-0.2, 0) is 11.5 Å². The molecule has 8 heteroatoms. The molecule has 3 aromatic carbocycles. The molecule has 2 saturated heterocycles. The first kappa shape index (κ1) is 34.5. The summed E-state index contributed by atoms with van der Waals surface area (Å²) < 4.78 is 10.6. The zero-order valence-corrected chi connectivity index (χ0v) is 29.5. The maximum atomic E-state index is 6.30. The molecule has 5 rings (SSSR count). The van der Waals surface area contributed by atoms with Crippen LogP contribution in [0.3, 0.4) is 0 Å². The molecule has 244 valence electrons. The van der Waals surface area contributed by atoms with Crippen LogP contribution >= 0.6 is 35.1 Å². The number of piperidine rings is 1. The summed E-state index contributed by atoms with van der Waals surface area (Å²) in [4.78, 5) is 5.45. The van der Waals surface area contributed by atoms with Gasteiger partial charge in [-0.05, 0) is 91.2 Å². The normalized spacial score (nSPS) is 21.4. The van der Waals surface area contributed by atoms with Crippen LogP contribution in [0.1, 0.15) is 41.9 Å². The zero-order valence-electron chi connectivity index (χ0n) is 27.1. The standard InChI is InChI=1S/C37H50ClN3O2S2/c1-40-32-12-17-37(40)36(35(24-32)30-8-10-31(38)11-9-30)25-41(21-23-45-27-29-6-15-34(43-3)16-7-29)20-18-39-19-22-44-26-28-4-13-33(42-2)14-5-28/h4-11,13-16,32,35-37,39H,12,17-27H2,1-3H3/t32?,35?,36?,37-/m0/s1. The Morgan fingerprint density at radius 3 is 2.04 bits per heavy atom. The third kappa shape index (κ3) is 10.1. The Morgan fingerprint density at radius 2 is 1.42 bits per heavy atom. The second-order valence-electron chi connectivity index (χ2n) is 12.4. The van der Waals surface area contributed by atoms with E-state index < -0.39 is 0 Å². The number of benzene rings is 3. The molecule has 0 aromatic heterocycles. The molecule has 3 aromatic rings. The Balaban J connectivity index is 1.15. The number of fused-ring (bicyclic) bond motifs is 2. The van der Waals surface area contributed by atoms with Gasteiger partial charge in [0.05, 0.1) is 14.2 Å². The van der Waals surface area contributed by atoms with E-state index in [0.717, 1.165) is 72.3 Å². The fourth-order valence-corrected chi connectivity index (χ4v) is 8.98. The van der Waals surface area contributed by atoms with Crippen molar-refractivity contribution in [2.45, 2.75) is 48.8 Å². The van der Waals surface area contributed by atoms with Crippen molar-refractivity contribution in [3.63, 3.8) is 0 Å². The van der Waals surface area contributed by atoms with E-state index >= 15 is 0 Å². The fourth-order valence-electron chi connectivity index (χ4n) is 7.04. The van der Waals surface area contributed by atoms with Crippen molar-refractivity contribution in [2.75, 3.05) is 65.5 Å². The highest BCUT2D eigenvalue weighted by Crippen LogP contribution is 2.46. The van der Waals surface area contributed by atoms with E-state index in [1.54, 1.807) is 14.2 Å². The van der Waals surface area contributed by atoms with Gasteiger partial charge in [-0.1, -0.05) is 48.0 Å². The van der Waals surface area contributed by atoms with Gasteiger partial charge in [-0.25, -0.2) is 0 Å². The Kier molecular flexibility index (Phi) is 13.7. The Morgan fingerprint density at radius 1 is 0.800 bits per heavy atom. The van der Waals surface area contributed by atoms with Crippen molar-refractivity contribution in [1.29, 1.82) is 0 Å². The van der Waals surface area contributed by atoms with Gasteiger partial charge in [0, 0.05) is 72.8 Å². The maximum Gasteiger partial charge on any atom is 0.118 e. The maximum absolute atomic E-state index is 6.30. The minimum absolute atomic E-state index is 0.590. The zero-order chi connectivity index (χ0) is 31.4. The lowest BCUT2D eigenvalue weighted by Crippen LogP contribution is -2.50. The summed E-state index contributed by atoms with van der Waals surface area (Å²) in [5.74, 6) is 7.36. The first-order valence-electron chi connectivity index (χ1n) is 16.4. The number of hydrogen-bond donors (Lipinski definition) is 1. The largest absolute Gasteiger partial charge is 0.497 e. The van der Waals surface area contributed by atoms with Crippen LogP contribution < -0.4 is 14.8 Å². The number of ether oxygens (including phenoxy) is 2. The van der Waals surface area contributed by atoms with Crippen LogP contribution in [0.2, 0.25) is 5.02 Å². The average molecular weight is 668 g/mol. The van der Waals surface area contributed by atoms with E-state index in [9.17, 15) is 0 Å². The molecule has 3 unspecified atom stereocenters. The molecule has 1 N–H and O–H groups in total. The first-order valence-corrected chi connectivity index (χ1v) is 19.0. The molecule has 5 nitrogen and oxygen atoms in total. The summed E-state index contributed by atoms with van der Waals surface area (Å²) in [5.41, 5.74) is 4.17. The third-order valence-electron chi connectivity index (χ3n) is 9.63. The van der Waals surface area contributed by atoms with Crippen LogP contribution in [0.25, 0.3) is 0 Å². The summed E-state index contributed by atoms with van der Waals surface area (Å²) in [6.45, 7) is 5.39. The van der Waals surface area contributed by atoms with E-state index in [0.29, 0.717) is 23.9 Å². The summed E-state index contributed by atoms with van der Waals surface area (Å²) in [6.07, 6.45) is 3.90. The van der Waals surface area contributed by atoms with Crippen LogP contribution in [-0.4, -0.2) is 87.4 Å². The monoisotopic (exact) mass is 667 g/mol. The Bertz CT molecular complexity index is 1280. The molecule has 0 radical (unpaired) electrons. The van der Waals surface area contributed by atoms with Gasteiger partial charge in [-0.15, -0.1) is 0 Å². The lowest BCUT2D eigenvalue weighted by molar-refractivity contribution is 0.0728. The molecular weight excluding hydrogens is 618 g/mol. The molecule has 2 aliphatic rings. The number of nitrogens with zero attached hydrogens (tertiary/aromatic N) is 2. The van der Waals surface area contributed by atoms with E-state index in [1.165, 1.54) is 36.0 Å². The predicted molar refractivity (Wildman–Crippen MR) is 194 cm³/mol. The van der Waals surface area contributed by atoms with E-state index in [2.05, 4.69) is 82.8 Å². The van der Waals surface area contributed by atoms with Crippen LogP contribution in [0.5, 0.6) is 11.5 Å². The van der Waals surface area contributed by atoms with Gasteiger partial charge in [0.2, 0.25) is 0 Å².